The van der Waals surface area contributed by atoms with Crippen molar-refractivity contribution in [3.8, 4) is 0 Å². The van der Waals surface area contributed by atoms with Gasteiger partial charge >= 0.3 is 0 Å². The Labute approximate surface area is 94.8 Å². The molecule has 0 amide bonds. The molecule has 0 saturated carbocycles. The summed E-state index contributed by atoms with van der Waals surface area (Å²) in [5.74, 6) is 0.881. The van der Waals surface area contributed by atoms with Gasteiger partial charge in [-0.25, -0.2) is 0 Å². The lowest BCUT2D eigenvalue weighted by molar-refractivity contribution is 0.466. The lowest BCUT2D eigenvalue weighted by atomic mass is 10.4. The second-order valence-electron chi connectivity index (χ2n) is 3.15. The van der Waals surface area contributed by atoms with Crippen molar-refractivity contribution in [2.75, 3.05) is 12.8 Å². The zero-order valence-corrected chi connectivity index (χ0v) is 10.7. The summed E-state index contributed by atoms with van der Waals surface area (Å²) in [6, 6.07) is 3.77. The van der Waals surface area contributed by atoms with Crippen LogP contribution >= 0.6 is 15.9 Å². The quantitative estimate of drug-likeness (QED) is 0.895. The van der Waals surface area contributed by atoms with Crippen LogP contribution < -0.4 is 5.32 Å². The minimum Gasteiger partial charge on any atom is -0.453 e. The Hall–Kier alpha value is -0.130. The van der Waals surface area contributed by atoms with Crippen molar-refractivity contribution in [1.82, 2.24) is 5.32 Å². The summed E-state index contributed by atoms with van der Waals surface area (Å²) in [6.07, 6.45) is 1.72. The fourth-order valence-corrected chi connectivity index (χ4v) is 1.66. The van der Waals surface area contributed by atoms with E-state index in [1.54, 1.807) is 6.26 Å². The van der Waals surface area contributed by atoms with Crippen LogP contribution in [0.25, 0.3) is 0 Å². The fourth-order valence-electron chi connectivity index (χ4n) is 0.963. The van der Waals surface area contributed by atoms with Crippen LogP contribution in [0.3, 0.4) is 0 Å². The van der Waals surface area contributed by atoms with Gasteiger partial charge < -0.3 is 9.73 Å². The van der Waals surface area contributed by atoms with Gasteiger partial charge in [-0.3, -0.25) is 4.21 Å². The first-order valence-electron chi connectivity index (χ1n) is 4.36. The summed E-state index contributed by atoms with van der Waals surface area (Å²) in [4.78, 5) is 0. The Morgan fingerprint density at radius 1 is 1.64 bits per heavy atom. The predicted molar refractivity (Wildman–Crippen MR) is 61.6 cm³/mol. The standard InChI is InChI=1S/C9H14BrNO2S/c1-7(14(2)12)5-11-6-8-3-4-9(10)13-8/h3-4,7,11H,5-6H2,1-2H3. The van der Waals surface area contributed by atoms with E-state index in [1.165, 1.54) is 0 Å². The molecule has 2 unspecified atom stereocenters. The van der Waals surface area contributed by atoms with Crippen LogP contribution in [0.5, 0.6) is 0 Å². The van der Waals surface area contributed by atoms with Gasteiger partial charge in [-0.15, -0.1) is 0 Å². The van der Waals surface area contributed by atoms with Gasteiger partial charge in [0.05, 0.1) is 6.54 Å². The molecule has 80 valence electrons. The summed E-state index contributed by atoms with van der Waals surface area (Å²) >= 11 is 3.23. The van der Waals surface area contributed by atoms with Crippen LogP contribution in [0, 0.1) is 0 Å². The molecule has 0 aliphatic rings. The Kier molecular flexibility index (Phi) is 4.84. The molecule has 2 atom stereocenters. The molecule has 1 rings (SSSR count). The molecule has 3 nitrogen and oxygen atoms in total. The van der Waals surface area contributed by atoms with Crippen LogP contribution in [0.4, 0.5) is 0 Å². The molecule has 0 saturated heterocycles. The van der Waals surface area contributed by atoms with E-state index >= 15 is 0 Å². The highest BCUT2D eigenvalue weighted by atomic mass is 79.9. The highest BCUT2D eigenvalue weighted by molar-refractivity contribution is 9.10. The van der Waals surface area contributed by atoms with E-state index in [-0.39, 0.29) is 5.25 Å². The number of furan rings is 1. The highest BCUT2D eigenvalue weighted by Gasteiger charge is 2.05. The number of hydrogen-bond acceptors (Lipinski definition) is 3. The lowest BCUT2D eigenvalue weighted by Gasteiger charge is -2.08. The summed E-state index contributed by atoms with van der Waals surface area (Å²) in [5, 5.41) is 3.36. The van der Waals surface area contributed by atoms with Gasteiger partial charge in [-0.2, -0.15) is 0 Å². The summed E-state index contributed by atoms with van der Waals surface area (Å²) < 4.78 is 17.1. The maximum absolute atomic E-state index is 11.0. The summed E-state index contributed by atoms with van der Waals surface area (Å²) in [5.41, 5.74) is 0. The van der Waals surface area contributed by atoms with Crippen molar-refractivity contribution < 1.29 is 8.63 Å². The van der Waals surface area contributed by atoms with Crippen LogP contribution in [-0.2, 0) is 17.3 Å². The van der Waals surface area contributed by atoms with Crippen molar-refractivity contribution in [2.45, 2.75) is 18.7 Å². The van der Waals surface area contributed by atoms with Gasteiger partial charge in [0, 0.05) is 28.9 Å². The van der Waals surface area contributed by atoms with Gasteiger partial charge in [0.25, 0.3) is 0 Å². The third-order valence-corrected chi connectivity index (χ3v) is 3.65. The first-order chi connectivity index (χ1) is 6.59. The van der Waals surface area contributed by atoms with E-state index in [4.69, 9.17) is 4.42 Å². The second-order valence-corrected chi connectivity index (χ2v) is 5.73. The third-order valence-electron chi connectivity index (χ3n) is 1.93. The predicted octanol–water partition coefficient (Wildman–Crippen LogP) is 1.90. The third kappa shape index (κ3) is 3.94. The Bertz CT molecular complexity index is 314. The Balaban J connectivity index is 2.25. The Morgan fingerprint density at radius 2 is 2.36 bits per heavy atom. The molecule has 0 spiro atoms. The molecule has 0 fully saturated rings. The van der Waals surface area contributed by atoms with E-state index in [0.717, 1.165) is 17.0 Å². The zero-order valence-electron chi connectivity index (χ0n) is 8.25. The first-order valence-corrected chi connectivity index (χ1v) is 6.78. The van der Waals surface area contributed by atoms with E-state index in [2.05, 4.69) is 21.2 Å². The van der Waals surface area contributed by atoms with Gasteiger partial charge in [0.1, 0.15) is 5.76 Å². The molecule has 0 radical (unpaired) electrons. The number of halogens is 1. The topological polar surface area (TPSA) is 42.2 Å². The molecular formula is C9H14BrNO2S. The molecule has 1 aromatic rings. The van der Waals surface area contributed by atoms with Crippen molar-refractivity contribution in [3.05, 3.63) is 22.6 Å². The summed E-state index contributed by atoms with van der Waals surface area (Å²) in [6.45, 7) is 3.37. The molecule has 14 heavy (non-hydrogen) atoms. The molecule has 0 aliphatic carbocycles. The fraction of sp³-hybridized carbons (Fsp3) is 0.556. The maximum atomic E-state index is 11.0. The van der Waals surface area contributed by atoms with Crippen molar-refractivity contribution in [2.24, 2.45) is 0 Å². The molecular weight excluding hydrogens is 266 g/mol. The summed E-state index contributed by atoms with van der Waals surface area (Å²) in [7, 11) is -0.765. The van der Waals surface area contributed by atoms with Crippen molar-refractivity contribution >= 4 is 26.7 Å². The normalized spacial score (nSPS) is 15.4. The van der Waals surface area contributed by atoms with E-state index in [1.807, 2.05) is 19.1 Å². The average Bonchev–Trinajstić information content (AvgIpc) is 2.51. The monoisotopic (exact) mass is 279 g/mol. The first kappa shape index (κ1) is 11.9. The van der Waals surface area contributed by atoms with Crippen LogP contribution in [0.1, 0.15) is 12.7 Å². The molecule has 0 aromatic carbocycles. The highest BCUT2D eigenvalue weighted by Crippen LogP contribution is 2.13. The minimum absolute atomic E-state index is 0.174. The zero-order chi connectivity index (χ0) is 10.6. The Morgan fingerprint density at radius 3 is 2.86 bits per heavy atom. The van der Waals surface area contributed by atoms with Crippen LogP contribution in [-0.4, -0.2) is 22.3 Å². The maximum Gasteiger partial charge on any atom is 0.169 e. The van der Waals surface area contributed by atoms with Crippen molar-refractivity contribution in [3.63, 3.8) is 0 Å². The van der Waals surface area contributed by atoms with E-state index < -0.39 is 10.8 Å². The lowest BCUT2D eigenvalue weighted by Crippen LogP contribution is -2.26. The number of hydrogen-bond donors (Lipinski definition) is 1. The van der Waals surface area contributed by atoms with Crippen LogP contribution in [0.15, 0.2) is 21.2 Å². The van der Waals surface area contributed by atoms with Gasteiger partial charge in [-0.05, 0) is 35.0 Å². The van der Waals surface area contributed by atoms with Gasteiger partial charge in [0.15, 0.2) is 4.67 Å². The molecule has 0 aliphatic heterocycles. The smallest absolute Gasteiger partial charge is 0.169 e. The molecule has 5 heteroatoms. The molecule has 0 bridgehead atoms. The SMILES string of the molecule is CC(CNCc1ccc(Br)o1)S(C)=O. The van der Waals surface area contributed by atoms with Crippen LogP contribution in [0.2, 0.25) is 0 Å². The molecule has 1 heterocycles. The minimum atomic E-state index is -0.765. The van der Waals surface area contributed by atoms with Gasteiger partial charge in [-0.1, -0.05) is 0 Å². The molecule has 1 aromatic heterocycles. The van der Waals surface area contributed by atoms with Gasteiger partial charge in [0.2, 0.25) is 0 Å². The van der Waals surface area contributed by atoms with E-state index in [0.29, 0.717) is 6.54 Å². The molecule has 1 N–H and O–H groups in total. The number of rotatable bonds is 5. The second kappa shape index (κ2) is 5.68. The van der Waals surface area contributed by atoms with E-state index in [9.17, 15) is 4.21 Å². The number of nitrogens with one attached hydrogen (secondary N) is 1. The van der Waals surface area contributed by atoms with Crippen molar-refractivity contribution in [1.29, 1.82) is 0 Å². The largest absolute Gasteiger partial charge is 0.453 e. The average molecular weight is 280 g/mol.